The van der Waals surface area contributed by atoms with E-state index in [0.29, 0.717) is 5.02 Å². The SMILES string of the molecule is CNC(C)c1nc(C)nc2c(Cl)cccc12. The summed E-state index contributed by atoms with van der Waals surface area (Å²) in [6.07, 6.45) is 0. The predicted octanol–water partition coefficient (Wildman–Crippen LogP) is 2.87. The summed E-state index contributed by atoms with van der Waals surface area (Å²) in [6, 6.07) is 5.96. The molecule has 0 saturated heterocycles. The molecule has 0 saturated carbocycles. The summed E-state index contributed by atoms with van der Waals surface area (Å²) in [6.45, 7) is 3.96. The zero-order valence-corrected chi connectivity index (χ0v) is 10.3. The fourth-order valence-electron chi connectivity index (χ4n) is 1.72. The molecule has 1 unspecified atom stereocenters. The monoisotopic (exact) mass is 235 g/mol. The van der Waals surface area contributed by atoms with Gasteiger partial charge < -0.3 is 5.32 Å². The second kappa shape index (κ2) is 4.36. The topological polar surface area (TPSA) is 37.8 Å². The van der Waals surface area contributed by atoms with Gasteiger partial charge in [-0.05, 0) is 27.0 Å². The molecule has 3 nitrogen and oxygen atoms in total. The van der Waals surface area contributed by atoms with E-state index >= 15 is 0 Å². The van der Waals surface area contributed by atoms with Crippen molar-refractivity contribution < 1.29 is 0 Å². The van der Waals surface area contributed by atoms with Gasteiger partial charge in [0.25, 0.3) is 0 Å². The summed E-state index contributed by atoms with van der Waals surface area (Å²) in [5, 5.41) is 4.87. The van der Waals surface area contributed by atoms with Crippen molar-refractivity contribution in [2.75, 3.05) is 7.05 Å². The average molecular weight is 236 g/mol. The maximum atomic E-state index is 6.14. The van der Waals surface area contributed by atoms with Crippen LogP contribution >= 0.6 is 11.6 Å². The third kappa shape index (κ3) is 1.88. The van der Waals surface area contributed by atoms with E-state index < -0.39 is 0 Å². The summed E-state index contributed by atoms with van der Waals surface area (Å²) in [7, 11) is 1.92. The van der Waals surface area contributed by atoms with Crippen LogP contribution in [0.4, 0.5) is 0 Å². The number of rotatable bonds is 2. The molecule has 0 aliphatic rings. The van der Waals surface area contributed by atoms with Gasteiger partial charge in [-0.15, -0.1) is 0 Å². The highest BCUT2D eigenvalue weighted by molar-refractivity contribution is 6.35. The van der Waals surface area contributed by atoms with Gasteiger partial charge in [-0.3, -0.25) is 0 Å². The zero-order chi connectivity index (χ0) is 11.7. The molecule has 84 valence electrons. The van der Waals surface area contributed by atoms with Crippen LogP contribution in [0.25, 0.3) is 10.9 Å². The molecule has 4 heteroatoms. The first-order valence-electron chi connectivity index (χ1n) is 5.23. The Morgan fingerprint density at radius 2 is 2.06 bits per heavy atom. The first-order valence-corrected chi connectivity index (χ1v) is 5.61. The third-order valence-electron chi connectivity index (χ3n) is 2.66. The number of nitrogens with one attached hydrogen (secondary N) is 1. The van der Waals surface area contributed by atoms with Crippen molar-refractivity contribution in [3.8, 4) is 0 Å². The molecule has 0 aliphatic carbocycles. The number of hydrogen-bond donors (Lipinski definition) is 1. The normalized spacial score (nSPS) is 13.0. The van der Waals surface area contributed by atoms with E-state index in [1.807, 2.05) is 32.2 Å². The van der Waals surface area contributed by atoms with Gasteiger partial charge in [0.05, 0.1) is 16.2 Å². The average Bonchev–Trinajstić information content (AvgIpc) is 2.28. The third-order valence-corrected chi connectivity index (χ3v) is 2.97. The van der Waals surface area contributed by atoms with Gasteiger partial charge in [0.1, 0.15) is 5.82 Å². The van der Waals surface area contributed by atoms with Gasteiger partial charge in [-0.25, -0.2) is 9.97 Å². The van der Waals surface area contributed by atoms with Crippen molar-refractivity contribution in [2.45, 2.75) is 19.9 Å². The number of aromatic nitrogens is 2. The number of para-hydroxylation sites is 1. The van der Waals surface area contributed by atoms with Crippen molar-refractivity contribution in [2.24, 2.45) is 0 Å². The summed E-state index contributed by atoms with van der Waals surface area (Å²) >= 11 is 6.14. The van der Waals surface area contributed by atoms with E-state index in [-0.39, 0.29) is 6.04 Å². The first-order chi connectivity index (χ1) is 7.63. The predicted molar refractivity (Wildman–Crippen MR) is 66.8 cm³/mol. The van der Waals surface area contributed by atoms with Gasteiger partial charge in [-0.2, -0.15) is 0 Å². The highest BCUT2D eigenvalue weighted by atomic mass is 35.5. The first kappa shape index (κ1) is 11.3. The van der Waals surface area contributed by atoms with Crippen LogP contribution in [0.5, 0.6) is 0 Å². The number of nitrogens with zero attached hydrogens (tertiary/aromatic N) is 2. The van der Waals surface area contributed by atoms with Crippen LogP contribution < -0.4 is 5.32 Å². The maximum absolute atomic E-state index is 6.14. The number of fused-ring (bicyclic) bond motifs is 1. The molecule has 0 spiro atoms. The standard InChI is InChI=1S/C12H14ClN3/c1-7(14-3)11-9-5-4-6-10(13)12(9)16-8(2)15-11/h4-7,14H,1-3H3. The van der Waals surface area contributed by atoms with Crippen molar-refractivity contribution >= 4 is 22.5 Å². The summed E-state index contributed by atoms with van der Waals surface area (Å²) in [4.78, 5) is 8.86. The Hall–Kier alpha value is -1.19. The molecular formula is C12H14ClN3. The molecule has 2 aromatic rings. The van der Waals surface area contributed by atoms with Crippen LogP contribution in [-0.2, 0) is 0 Å². The highest BCUT2D eigenvalue weighted by Gasteiger charge is 2.12. The lowest BCUT2D eigenvalue weighted by molar-refractivity contribution is 0.634. The Labute approximate surface area is 99.9 Å². The number of halogens is 1. The second-order valence-electron chi connectivity index (χ2n) is 3.80. The van der Waals surface area contributed by atoms with E-state index in [2.05, 4.69) is 22.2 Å². The van der Waals surface area contributed by atoms with Crippen LogP contribution in [0.1, 0.15) is 24.5 Å². The Morgan fingerprint density at radius 1 is 1.31 bits per heavy atom. The van der Waals surface area contributed by atoms with Gasteiger partial charge >= 0.3 is 0 Å². The molecular weight excluding hydrogens is 222 g/mol. The largest absolute Gasteiger partial charge is 0.312 e. The van der Waals surface area contributed by atoms with Crippen LogP contribution in [0.15, 0.2) is 18.2 Å². The zero-order valence-electron chi connectivity index (χ0n) is 9.58. The van der Waals surface area contributed by atoms with Crippen molar-refractivity contribution in [1.82, 2.24) is 15.3 Å². The Kier molecular flexibility index (Phi) is 3.08. The molecule has 0 bridgehead atoms. The van der Waals surface area contributed by atoms with E-state index in [9.17, 15) is 0 Å². The van der Waals surface area contributed by atoms with Gasteiger partial charge in [-0.1, -0.05) is 23.7 Å². The van der Waals surface area contributed by atoms with E-state index in [4.69, 9.17) is 11.6 Å². The summed E-state index contributed by atoms with van der Waals surface area (Å²) in [5.74, 6) is 0.748. The van der Waals surface area contributed by atoms with E-state index in [1.54, 1.807) is 0 Å². The molecule has 0 amide bonds. The molecule has 1 aromatic carbocycles. The molecule has 1 N–H and O–H groups in total. The summed E-state index contributed by atoms with van der Waals surface area (Å²) in [5.41, 5.74) is 1.82. The molecule has 0 fully saturated rings. The molecule has 0 radical (unpaired) electrons. The minimum Gasteiger partial charge on any atom is -0.312 e. The Bertz CT molecular complexity index is 525. The fraction of sp³-hybridized carbons (Fsp3) is 0.333. The molecule has 16 heavy (non-hydrogen) atoms. The van der Waals surface area contributed by atoms with Crippen molar-refractivity contribution in [3.63, 3.8) is 0 Å². The van der Waals surface area contributed by atoms with Gasteiger partial charge in [0, 0.05) is 11.4 Å². The van der Waals surface area contributed by atoms with Crippen LogP contribution in [0.2, 0.25) is 5.02 Å². The minimum absolute atomic E-state index is 0.183. The lowest BCUT2D eigenvalue weighted by Gasteiger charge is -2.13. The highest BCUT2D eigenvalue weighted by Crippen LogP contribution is 2.26. The smallest absolute Gasteiger partial charge is 0.126 e. The number of hydrogen-bond acceptors (Lipinski definition) is 3. The molecule has 0 aliphatic heterocycles. The Balaban J connectivity index is 2.78. The quantitative estimate of drug-likeness (QED) is 0.870. The molecule has 1 heterocycles. The molecule has 1 atom stereocenters. The number of aryl methyl sites for hydroxylation is 1. The van der Waals surface area contributed by atoms with Crippen molar-refractivity contribution in [3.05, 3.63) is 34.7 Å². The van der Waals surface area contributed by atoms with Crippen LogP contribution in [0, 0.1) is 6.92 Å². The maximum Gasteiger partial charge on any atom is 0.126 e. The molecule has 2 rings (SSSR count). The lowest BCUT2D eigenvalue weighted by atomic mass is 10.1. The van der Waals surface area contributed by atoms with Crippen LogP contribution in [-0.4, -0.2) is 17.0 Å². The molecule has 1 aromatic heterocycles. The van der Waals surface area contributed by atoms with Gasteiger partial charge in [0.2, 0.25) is 0 Å². The second-order valence-corrected chi connectivity index (χ2v) is 4.21. The number of benzene rings is 1. The van der Waals surface area contributed by atoms with Gasteiger partial charge in [0.15, 0.2) is 0 Å². The minimum atomic E-state index is 0.183. The summed E-state index contributed by atoms with van der Waals surface area (Å²) < 4.78 is 0. The fourth-order valence-corrected chi connectivity index (χ4v) is 1.94. The van der Waals surface area contributed by atoms with E-state index in [1.165, 1.54) is 0 Å². The van der Waals surface area contributed by atoms with Crippen molar-refractivity contribution in [1.29, 1.82) is 0 Å². The van der Waals surface area contributed by atoms with Crippen LogP contribution in [0.3, 0.4) is 0 Å². The Morgan fingerprint density at radius 3 is 2.75 bits per heavy atom. The van der Waals surface area contributed by atoms with E-state index in [0.717, 1.165) is 22.4 Å². The lowest BCUT2D eigenvalue weighted by Crippen LogP contribution is -2.15.